The third-order valence-corrected chi connectivity index (χ3v) is 2.55. The molecule has 6 heteroatoms. The van der Waals surface area contributed by atoms with Crippen molar-refractivity contribution in [1.29, 1.82) is 0 Å². The molecule has 14 heavy (non-hydrogen) atoms. The number of nitrogens with one attached hydrogen (secondary N) is 1. The summed E-state index contributed by atoms with van der Waals surface area (Å²) in [7, 11) is 0. The standard InChI is InChI=1S/C8H7N3O2S/c1-5-4-9-8(14-5)11-3-2-6(12)10-7(11)13/h2-4H,1H3,(H,10,12,13). The fourth-order valence-electron chi connectivity index (χ4n) is 1.02. The van der Waals surface area contributed by atoms with E-state index in [2.05, 4.69) is 9.97 Å². The van der Waals surface area contributed by atoms with Crippen LogP contribution >= 0.6 is 11.3 Å². The molecule has 72 valence electrons. The van der Waals surface area contributed by atoms with Crippen molar-refractivity contribution < 1.29 is 0 Å². The lowest BCUT2D eigenvalue weighted by molar-refractivity contribution is 0.887. The van der Waals surface area contributed by atoms with Gasteiger partial charge in [0.15, 0.2) is 5.13 Å². The van der Waals surface area contributed by atoms with Crippen molar-refractivity contribution in [3.8, 4) is 5.13 Å². The maximum absolute atomic E-state index is 11.3. The van der Waals surface area contributed by atoms with Crippen LogP contribution in [0, 0.1) is 6.92 Å². The first-order valence-electron chi connectivity index (χ1n) is 3.91. The Labute approximate surface area is 82.7 Å². The molecule has 0 aliphatic rings. The average molecular weight is 209 g/mol. The van der Waals surface area contributed by atoms with Gasteiger partial charge in [0.25, 0.3) is 5.56 Å². The molecule has 2 aromatic heterocycles. The molecule has 0 aliphatic carbocycles. The summed E-state index contributed by atoms with van der Waals surface area (Å²) in [6.45, 7) is 1.90. The number of aryl methyl sites for hydroxylation is 1. The highest BCUT2D eigenvalue weighted by atomic mass is 32.1. The molecule has 2 rings (SSSR count). The van der Waals surface area contributed by atoms with Crippen molar-refractivity contribution in [3.63, 3.8) is 0 Å². The van der Waals surface area contributed by atoms with E-state index in [1.54, 1.807) is 6.20 Å². The lowest BCUT2D eigenvalue weighted by Crippen LogP contribution is -2.27. The zero-order valence-corrected chi connectivity index (χ0v) is 8.17. The Kier molecular flexibility index (Phi) is 2.05. The second-order valence-corrected chi connectivity index (χ2v) is 3.95. The summed E-state index contributed by atoms with van der Waals surface area (Å²) < 4.78 is 1.30. The Balaban J connectivity index is 2.63. The minimum absolute atomic E-state index is 0.403. The van der Waals surface area contributed by atoms with Gasteiger partial charge in [-0.25, -0.2) is 14.3 Å². The number of H-pyrrole nitrogens is 1. The topological polar surface area (TPSA) is 67.8 Å². The molecule has 0 saturated heterocycles. The van der Waals surface area contributed by atoms with Crippen LogP contribution in [0.2, 0.25) is 0 Å². The van der Waals surface area contributed by atoms with Crippen molar-refractivity contribution >= 4 is 11.3 Å². The highest BCUT2D eigenvalue weighted by molar-refractivity contribution is 7.13. The van der Waals surface area contributed by atoms with Crippen LogP contribution in [-0.2, 0) is 0 Å². The largest absolute Gasteiger partial charge is 0.334 e. The molecule has 0 aromatic carbocycles. The molecule has 0 amide bonds. The van der Waals surface area contributed by atoms with E-state index in [0.717, 1.165) is 4.88 Å². The highest BCUT2D eigenvalue weighted by Crippen LogP contribution is 2.13. The molecular weight excluding hydrogens is 202 g/mol. The highest BCUT2D eigenvalue weighted by Gasteiger charge is 2.03. The minimum atomic E-state index is -0.466. The number of hydrogen-bond donors (Lipinski definition) is 1. The summed E-state index contributed by atoms with van der Waals surface area (Å²) in [5.74, 6) is 0. The first-order chi connectivity index (χ1) is 6.66. The summed E-state index contributed by atoms with van der Waals surface area (Å²) in [5.41, 5.74) is -0.869. The quantitative estimate of drug-likeness (QED) is 0.734. The van der Waals surface area contributed by atoms with E-state index < -0.39 is 11.2 Å². The van der Waals surface area contributed by atoms with E-state index in [-0.39, 0.29) is 0 Å². The summed E-state index contributed by atoms with van der Waals surface area (Å²) in [6, 6.07) is 1.29. The van der Waals surface area contributed by atoms with Gasteiger partial charge in [-0.05, 0) is 6.92 Å². The van der Waals surface area contributed by atoms with Gasteiger partial charge >= 0.3 is 5.69 Å². The Bertz CT molecular complexity index is 566. The summed E-state index contributed by atoms with van der Waals surface area (Å²) >= 11 is 1.39. The molecule has 0 fully saturated rings. The van der Waals surface area contributed by atoms with Crippen LogP contribution in [-0.4, -0.2) is 14.5 Å². The van der Waals surface area contributed by atoms with Gasteiger partial charge in [-0.2, -0.15) is 0 Å². The van der Waals surface area contributed by atoms with Crippen LogP contribution in [0.1, 0.15) is 4.88 Å². The van der Waals surface area contributed by atoms with Crippen molar-refractivity contribution in [2.75, 3.05) is 0 Å². The Morgan fingerprint density at radius 2 is 2.29 bits per heavy atom. The molecule has 2 aromatic rings. The van der Waals surface area contributed by atoms with Crippen LogP contribution in [0.3, 0.4) is 0 Å². The maximum Gasteiger partial charge on any atom is 0.334 e. The zero-order chi connectivity index (χ0) is 10.1. The number of aromatic amines is 1. The van der Waals surface area contributed by atoms with Gasteiger partial charge in [0.1, 0.15) is 0 Å². The molecule has 0 saturated carbocycles. The van der Waals surface area contributed by atoms with E-state index in [4.69, 9.17) is 0 Å². The lowest BCUT2D eigenvalue weighted by Gasteiger charge is -1.96. The molecule has 2 heterocycles. The molecule has 1 N–H and O–H groups in total. The molecule has 0 bridgehead atoms. The number of aromatic nitrogens is 3. The second kappa shape index (κ2) is 3.22. The SMILES string of the molecule is Cc1cnc(-n2ccc(=O)[nH]c2=O)s1. The molecule has 0 unspecified atom stereocenters. The van der Waals surface area contributed by atoms with Crippen molar-refractivity contribution in [3.05, 3.63) is 44.2 Å². The minimum Gasteiger partial charge on any atom is -0.274 e. The summed E-state index contributed by atoms with van der Waals surface area (Å²) in [4.78, 5) is 29.3. The monoisotopic (exact) mass is 209 g/mol. The van der Waals surface area contributed by atoms with Crippen LogP contribution in [0.15, 0.2) is 28.0 Å². The fraction of sp³-hybridized carbons (Fsp3) is 0.125. The van der Waals surface area contributed by atoms with Crippen molar-refractivity contribution in [2.24, 2.45) is 0 Å². The number of thiazole rings is 1. The van der Waals surface area contributed by atoms with E-state index >= 15 is 0 Å². The van der Waals surface area contributed by atoms with E-state index in [9.17, 15) is 9.59 Å². The normalized spacial score (nSPS) is 10.4. The Morgan fingerprint density at radius 3 is 2.86 bits per heavy atom. The van der Waals surface area contributed by atoms with E-state index in [0.29, 0.717) is 5.13 Å². The van der Waals surface area contributed by atoms with Crippen molar-refractivity contribution in [2.45, 2.75) is 6.92 Å². The van der Waals surface area contributed by atoms with E-state index in [1.807, 2.05) is 6.92 Å². The van der Waals surface area contributed by atoms with Crippen LogP contribution in [0.4, 0.5) is 0 Å². The smallest absolute Gasteiger partial charge is 0.274 e. The Morgan fingerprint density at radius 1 is 1.50 bits per heavy atom. The average Bonchev–Trinajstić information content (AvgIpc) is 2.51. The van der Waals surface area contributed by atoms with Gasteiger partial charge in [-0.1, -0.05) is 0 Å². The van der Waals surface area contributed by atoms with Gasteiger partial charge in [0, 0.05) is 23.3 Å². The van der Waals surface area contributed by atoms with Crippen LogP contribution < -0.4 is 11.2 Å². The Hall–Kier alpha value is -1.69. The molecule has 5 nitrogen and oxygen atoms in total. The number of rotatable bonds is 1. The molecule has 0 aliphatic heterocycles. The predicted octanol–water partition coefficient (Wildman–Crippen LogP) is 0.291. The second-order valence-electron chi connectivity index (χ2n) is 2.73. The van der Waals surface area contributed by atoms with Gasteiger partial charge in [-0.15, -0.1) is 11.3 Å². The van der Waals surface area contributed by atoms with Crippen LogP contribution in [0.25, 0.3) is 5.13 Å². The van der Waals surface area contributed by atoms with Gasteiger partial charge in [0.2, 0.25) is 0 Å². The summed E-state index contributed by atoms with van der Waals surface area (Å²) in [6.07, 6.45) is 3.09. The first-order valence-corrected chi connectivity index (χ1v) is 4.73. The third kappa shape index (κ3) is 1.51. The zero-order valence-electron chi connectivity index (χ0n) is 7.35. The fourth-order valence-corrected chi connectivity index (χ4v) is 1.76. The van der Waals surface area contributed by atoms with Gasteiger partial charge in [-0.3, -0.25) is 9.78 Å². The molecule has 0 spiro atoms. The summed E-state index contributed by atoms with van der Waals surface area (Å²) in [5, 5.41) is 0.559. The molecular formula is C8H7N3O2S. The first kappa shape index (κ1) is 8.89. The predicted molar refractivity (Wildman–Crippen MR) is 53.1 cm³/mol. The lowest BCUT2D eigenvalue weighted by atomic mass is 10.6. The molecule has 0 radical (unpaired) electrons. The third-order valence-electron chi connectivity index (χ3n) is 1.64. The van der Waals surface area contributed by atoms with Crippen molar-refractivity contribution in [1.82, 2.24) is 14.5 Å². The van der Waals surface area contributed by atoms with Gasteiger partial charge < -0.3 is 0 Å². The number of nitrogens with zero attached hydrogens (tertiary/aromatic N) is 2. The number of hydrogen-bond acceptors (Lipinski definition) is 4. The van der Waals surface area contributed by atoms with Crippen LogP contribution in [0.5, 0.6) is 0 Å². The van der Waals surface area contributed by atoms with E-state index in [1.165, 1.54) is 28.2 Å². The van der Waals surface area contributed by atoms with Gasteiger partial charge in [0.05, 0.1) is 0 Å². The maximum atomic E-state index is 11.3. The molecule has 0 atom stereocenters.